The van der Waals surface area contributed by atoms with Crippen LogP contribution in [0.25, 0.3) is 5.76 Å². The van der Waals surface area contributed by atoms with Gasteiger partial charge in [-0.05, 0) is 49.4 Å². The molecule has 1 saturated carbocycles. The lowest BCUT2D eigenvalue weighted by atomic mass is 9.84. The number of ether oxygens (including phenoxy) is 2. The van der Waals surface area contributed by atoms with E-state index in [9.17, 15) is 14.7 Å². The first-order chi connectivity index (χ1) is 17.2. The summed E-state index contributed by atoms with van der Waals surface area (Å²) in [4.78, 5) is 28.7. The Morgan fingerprint density at radius 2 is 1.72 bits per heavy atom. The number of likely N-dealkylation sites (tertiary alicyclic amines) is 1. The maximum atomic E-state index is 13.5. The van der Waals surface area contributed by atoms with Crippen LogP contribution in [0.5, 0.6) is 11.5 Å². The van der Waals surface area contributed by atoms with Crippen molar-refractivity contribution in [2.75, 3.05) is 13.7 Å². The summed E-state index contributed by atoms with van der Waals surface area (Å²) >= 11 is 0. The summed E-state index contributed by atoms with van der Waals surface area (Å²) in [6, 6.07) is 12.1. The average molecular weight is 492 g/mol. The molecule has 192 valence electrons. The number of methoxy groups -OCH3 is 1. The quantitative estimate of drug-likeness (QED) is 0.298. The third-order valence-electron chi connectivity index (χ3n) is 7.24. The Kier molecular flexibility index (Phi) is 7.43. The fourth-order valence-electron chi connectivity index (χ4n) is 5.48. The Morgan fingerprint density at radius 3 is 2.36 bits per heavy atom. The first kappa shape index (κ1) is 25.8. The summed E-state index contributed by atoms with van der Waals surface area (Å²) < 4.78 is 11.5. The molecule has 1 aliphatic carbocycles. The van der Waals surface area contributed by atoms with Gasteiger partial charge in [0.15, 0.2) is 0 Å². The Bertz CT molecular complexity index is 1170. The SMILES string of the molecule is CCOc1ccc(/C(O)=C2\C(=O)C(=O)N(C3CCCCC3)C2c2ccccc2OC)cc1C(C)(C)C. The Labute approximate surface area is 213 Å². The van der Waals surface area contributed by atoms with Gasteiger partial charge in [-0.2, -0.15) is 0 Å². The standard InChI is InChI=1S/C30H37NO5/c1-6-36-24-17-16-19(18-22(24)30(2,3)4)27(32)25-26(21-14-10-11-15-23(21)35-5)31(29(34)28(25)33)20-12-8-7-9-13-20/h10-11,14-18,20,26,32H,6-9,12-13H2,1-5H3/b27-25+. The number of Topliss-reactive ketones (excluding diaryl/α,β-unsaturated/α-hetero) is 1. The van der Waals surface area contributed by atoms with Crippen molar-refractivity contribution >= 4 is 17.4 Å². The van der Waals surface area contributed by atoms with Crippen molar-refractivity contribution in [2.24, 2.45) is 0 Å². The van der Waals surface area contributed by atoms with Gasteiger partial charge in [0.25, 0.3) is 11.7 Å². The van der Waals surface area contributed by atoms with Crippen LogP contribution in [-0.2, 0) is 15.0 Å². The number of ketones is 1. The summed E-state index contributed by atoms with van der Waals surface area (Å²) in [6.45, 7) is 8.68. The molecule has 6 nitrogen and oxygen atoms in total. The Balaban J connectivity index is 1.92. The van der Waals surface area contributed by atoms with Crippen LogP contribution < -0.4 is 9.47 Å². The highest BCUT2D eigenvalue weighted by molar-refractivity contribution is 6.46. The molecule has 1 amide bonds. The van der Waals surface area contributed by atoms with E-state index in [2.05, 4.69) is 20.8 Å². The number of benzene rings is 2. The highest BCUT2D eigenvalue weighted by Gasteiger charge is 2.49. The van der Waals surface area contributed by atoms with Crippen LogP contribution in [0.4, 0.5) is 0 Å². The van der Waals surface area contributed by atoms with E-state index in [0.717, 1.165) is 43.4 Å². The van der Waals surface area contributed by atoms with Crippen LogP contribution in [0.1, 0.15) is 82.5 Å². The van der Waals surface area contributed by atoms with E-state index in [1.165, 1.54) is 0 Å². The summed E-state index contributed by atoms with van der Waals surface area (Å²) in [5.74, 6) is -0.0544. The molecule has 4 rings (SSSR count). The molecule has 6 heteroatoms. The number of amides is 1. The Morgan fingerprint density at radius 1 is 1.03 bits per heavy atom. The molecule has 1 atom stereocenters. The minimum atomic E-state index is -0.714. The van der Waals surface area contributed by atoms with E-state index < -0.39 is 17.7 Å². The fourth-order valence-corrected chi connectivity index (χ4v) is 5.48. The van der Waals surface area contributed by atoms with Crippen LogP contribution in [0.15, 0.2) is 48.0 Å². The molecule has 1 saturated heterocycles. The van der Waals surface area contributed by atoms with E-state index in [1.54, 1.807) is 18.1 Å². The van der Waals surface area contributed by atoms with Crippen molar-refractivity contribution in [3.8, 4) is 11.5 Å². The molecule has 0 radical (unpaired) electrons. The number of carbonyl (C=O) groups excluding carboxylic acids is 2. The van der Waals surface area contributed by atoms with E-state index in [0.29, 0.717) is 23.5 Å². The van der Waals surface area contributed by atoms with Gasteiger partial charge in [0.05, 0.1) is 25.3 Å². The summed E-state index contributed by atoms with van der Waals surface area (Å²) in [5.41, 5.74) is 1.97. The van der Waals surface area contributed by atoms with E-state index in [4.69, 9.17) is 9.47 Å². The monoisotopic (exact) mass is 491 g/mol. The zero-order chi connectivity index (χ0) is 26.0. The predicted octanol–water partition coefficient (Wildman–Crippen LogP) is 6.15. The predicted molar refractivity (Wildman–Crippen MR) is 140 cm³/mol. The molecule has 1 unspecified atom stereocenters. The maximum absolute atomic E-state index is 13.5. The number of aliphatic hydroxyl groups is 1. The molecule has 1 heterocycles. The lowest BCUT2D eigenvalue weighted by molar-refractivity contribution is -0.141. The van der Waals surface area contributed by atoms with Crippen molar-refractivity contribution in [3.63, 3.8) is 0 Å². The zero-order valence-electron chi connectivity index (χ0n) is 22.0. The van der Waals surface area contributed by atoms with Crippen LogP contribution in [-0.4, -0.2) is 41.5 Å². The number of nitrogens with zero attached hydrogens (tertiary/aromatic N) is 1. The maximum Gasteiger partial charge on any atom is 0.295 e. The van der Waals surface area contributed by atoms with Crippen LogP contribution >= 0.6 is 0 Å². The number of para-hydroxylation sites is 1. The summed E-state index contributed by atoms with van der Waals surface area (Å²) in [6.07, 6.45) is 4.84. The number of carbonyl (C=O) groups is 2. The van der Waals surface area contributed by atoms with Crippen molar-refractivity contribution in [2.45, 2.75) is 77.3 Å². The first-order valence-corrected chi connectivity index (χ1v) is 12.9. The van der Waals surface area contributed by atoms with Gasteiger partial charge in [-0.15, -0.1) is 0 Å². The summed E-state index contributed by atoms with van der Waals surface area (Å²) in [5, 5.41) is 11.6. The Hall–Kier alpha value is -3.28. The molecule has 2 aromatic rings. The third kappa shape index (κ3) is 4.73. The molecule has 36 heavy (non-hydrogen) atoms. The van der Waals surface area contributed by atoms with Gasteiger partial charge in [-0.3, -0.25) is 9.59 Å². The van der Waals surface area contributed by atoms with Gasteiger partial charge in [0, 0.05) is 22.7 Å². The molecule has 0 spiro atoms. The highest BCUT2D eigenvalue weighted by Crippen LogP contribution is 2.46. The van der Waals surface area contributed by atoms with Gasteiger partial charge in [-0.25, -0.2) is 0 Å². The molecule has 0 aromatic heterocycles. The van der Waals surface area contributed by atoms with E-state index in [-0.39, 0.29) is 22.8 Å². The second kappa shape index (κ2) is 10.4. The lowest BCUT2D eigenvalue weighted by Gasteiger charge is -2.35. The van der Waals surface area contributed by atoms with Crippen molar-refractivity contribution < 1.29 is 24.2 Å². The normalized spacial score (nSPS) is 20.6. The molecule has 1 aliphatic heterocycles. The minimum absolute atomic E-state index is 0.0547. The number of aliphatic hydroxyl groups excluding tert-OH is 1. The second-order valence-corrected chi connectivity index (χ2v) is 10.6. The third-order valence-corrected chi connectivity index (χ3v) is 7.24. The van der Waals surface area contributed by atoms with Crippen LogP contribution in [0.2, 0.25) is 0 Å². The summed E-state index contributed by atoms with van der Waals surface area (Å²) in [7, 11) is 1.58. The smallest absolute Gasteiger partial charge is 0.295 e. The minimum Gasteiger partial charge on any atom is -0.507 e. The molecule has 0 bridgehead atoms. The van der Waals surface area contributed by atoms with Gasteiger partial charge >= 0.3 is 0 Å². The van der Waals surface area contributed by atoms with E-state index in [1.807, 2.05) is 43.3 Å². The van der Waals surface area contributed by atoms with Crippen molar-refractivity contribution in [3.05, 3.63) is 64.7 Å². The van der Waals surface area contributed by atoms with Crippen molar-refractivity contribution in [1.82, 2.24) is 4.90 Å². The van der Waals surface area contributed by atoms with Crippen LogP contribution in [0, 0.1) is 0 Å². The van der Waals surface area contributed by atoms with Gasteiger partial charge in [0.1, 0.15) is 17.3 Å². The molecule has 2 fully saturated rings. The van der Waals surface area contributed by atoms with Gasteiger partial charge in [0.2, 0.25) is 0 Å². The lowest BCUT2D eigenvalue weighted by Crippen LogP contribution is -2.40. The van der Waals surface area contributed by atoms with Crippen molar-refractivity contribution in [1.29, 1.82) is 0 Å². The molecule has 2 aromatic carbocycles. The van der Waals surface area contributed by atoms with Gasteiger partial charge < -0.3 is 19.5 Å². The molecular weight excluding hydrogens is 454 g/mol. The van der Waals surface area contributed by atoms with E-state index >= 15 is 0 Å². The largest absolute Gasteiger partial charge is 0.507 e. The topological polar surface area (TPSA) is 76.1 Å². The van der Waals surface area contributed by atoms with Gasteiger partial charge in [-0.1, -0.05) is 58.2 Å². The highest BCUT2D eigenvalue weighted by atomic mass is 16.5. The number of hydrogen-bond donors (Lipinski definition) is 1. The average Bonchev–Trinajstić information content (AvgIpc) is 3.14. The number of hydrogen-bond acceptors (Lipinski definition) is 5. The molecule has 2 aliphatic rings. The molecular formula is C30H37NO5. The second-order valence-electron chi connectivity index (χ2n) is 10.6. The zero-order valence-corrected chi connectivity index (χ0v) is 22.0. The molecule has 1 N–H and O–H groups in total. The first-order valence-electron chi connectivity index (χ1n) is 12.9. The fraction of sp³-hybridized carbons (Fsp3) is 0.467. The van der Waals surface area contributed by atoms with Crippen LogP contribution in [0.3, 0.4) is 0 Å². The number of rotatable bonds is 6.